The summed E-state index contributed by atoms with van der Waals surface area (Å²) >= 11 is 2.21. The van der Waals surface area contributed by atoms with E-state index >= 15 is 0 Å². The van der Waals surface area contributed by atoms with Gasteiger partial charge in [0.05, 0.1) is 29.4 Å². The quantitative estimate of drug-likeness (QED) is 0.431. The Balaban J connectivity index is 2.49. The molecule has 1 aliphatic rings. The summed E-state index contributed by atoms with van der Waals surface area (Å²) in [6, 6.07) is 0. The molecule has 0 fully saturated rings. The molecule has 7 heavy (non-hydrogen) atoms. The van der Waals surface area contributed by atoms with Crippen LogP contribution in [0.3, 0.4) is 0 Å². The lowest BCUT2D eigenvalue weighted by Crippen LogP contribution is -2.07. The van der Waals surface area contributed by atoms with Crippen molar-refractivity contribution in [2.75, 3.05) is 6.54 Å². The maximum atomic E-state index is 3.88. The summed E-state index contributed by atoms with van der Waals surface area (Å²) in [4.78, 5) is 3.88. The van der Waals surface area contributed by atoms with E-state index in [2.05, 4.69) is 27.9 Å². The van der Waals surface area contributed by atoms with E-state index in [9.17, 15) is 0 Å². The van der Waals surface area contributed by atoms with E-state index in [-0.39, 0.29) is 0 Å². The second-order valence-electron chi connectivity index (χ2n) is 1.21. The first-order chi connectivity index (χ1) is 3.39. The summed E-state index contributed by atoms with van der Waals surface area (Å²) in [5.41, 5.74) is 0. The minimum atomic E-state index is 0.928. The largest absolute Gasteiger partial charge is 0.315 e. The Morgan fingerprint density at radius 2 is 2.57 bits per heavy atom. The third-order valence-corrected chi connectivity index (χ3v) is 1.39. The van der Waals surface area contributed by atoms with Gasteiger partial charge < -0.3 is 3.11 Å². The monoisotopic (exact) mass is 208 g/mol. The van der Waals surface area contributed by atoms with Gasteiger partial charge in [0.25, 0.3) is 0 Å². The van der Waals surface area contributed by atoms with E-state index in [1.807, 2.05) is 15.5 Å². The third-order valence-electron chi connectivity index (χ3n) is 0.676. The molecule has 0 spiro atoms. The van der Waals surface area contributed by atoms with E-state index < -0.39 is 0 Å². The van der Waals surface area contributed by atoms with Crippen molar-refractivity contribution in [3.05, 3.63) is 12.4 Å². The van der Waals surface area contributed by atoms with Crippen LogP contribution in [0, 0.1) is 0 Å². The predicted molar refractivity (Wildman–Crippen MR) is 38.4 cm³/mol. The number of aliphatic imine (C=N–C) groups is 1. The van der Waals surface area contributed by atoms with Crippen molar-refractivity contribution in [1.29, 1.82) is 0 Å². The highest BCUT2D eigenvalue weighted by molar-refractivity contribution is 14.1. The summed E-state index contributed by atoms with van der Waals surface area (Å²) in [6.45, 7) is 0.928. The molecule has 0 unspecified atom stereocenters. The molecular weight excluding hydrogens is 203 g/mol. The Morgan fingerprint density at radius 1 is 1.71 bits per heavy atom. The average Bonchev–Trinajstić information content (AvgIpc) is 1.69. The minimum Gasteiger partial charge on any atom is -0.315 e. The van der Waals surface area contributed by atoms with Gasteiger partial charge in [0.2, 0.25) is 0 Å². The SMILES string of the molecule is IN1C=CN=CC1. The molecule has 0 N–H and O–H groups in total. The summed E-state index contributed by atoms with van der Waals surface area (Å²) in [7, 11) is 0. The minimum absolute atomic E-state index is 0.928. The van der Waals surface area contributed by atoms with E-state index in [4.69, 9.17) is 0 Å². The van der Waals surface area contributed by atoms with Crippen molar-refractivity contribution < 1.29 is 0 Å². The van der Waals surface area contributed by atoms with Gasteiger partial charge in [-0.2, -0.15) is 0 Å². The molecule has 1 heterocycles. The number of halogens is 1. The van der Waals surface area contributed by atoms with Gasteiger partial charge in [-0.3, -0.25) is 4.99 Å². The predicted octanol–water partition coefficient (Wildman–Crippen LogP) is 1.19. The molecule has 1 rings (SSSR count). The molecule has 0 aromatic rings. The Kier molecular flexibility index (Phi) is 1.67. The van der Waals surface area contributed by atoms with Gasteiger partial charge in [-0.15, -0.1) is 0 Å². The van der Waals surface area contributed by atoms with E-state index in [0.29, 0.717) is 0 Å². The molecule has 0 bridgehead atoms. The summed E-state index contributed by atoms with van der Waals surface area (Å²) < 4.78 is 2.03. The molecule has 0 saturated carbocycles. The van der Waals surface area contributed by atoms with Gasteiger partial charge in [-0.1, -0.05) is 0 Å². The van der Waals surface area contributed by atoms with Crippen LogP contribution in [0.25, 0.3) is 0 Å². The van der Waals surface area contributed by atoms with Crippen molar-refractivity contribution in [3.63, 3.8) is 0 Å². The Bertz CT molecular complexity index is 108. The Morgan fingerprint density at radius 3 is 2.86 bits per heavy atom. The van der Waals surface area contributed by atoms with Crippen LogP contribution in [0.2, 0.25) is 0 Å². The second kappa shape index (κ2) is 2.30. The summed E-state index contributed by atoms with van der Waals surface area (Å²) in [6.07, 6.45) is 5.57. The Hall–Kier alpha value is -0.0600. The first kappa shape index (κ1) is 5.08. The van der Waals surface area contributed by atoms with Crippen LogP contribution < -0.4 is 0 Å². The van der Waals surface area contributed by atoms with Crippen LogP contribution >= 0.6 is 22.9 Å². The summed E-state index contributed by atoms with van der Waals surface area (Å²) in [5, 5.41) is 0. The highest BCUT2D eigenvalue weighted by Gasteiger charge is 1.89. The van der Waals surface area contributed by atoms with Crippen LogP contribution in [0.1, 0.15) is 0 Å². The van der Waals surface area contributed by atoms with Crippen LogP contribution in [-0.4, -0.2) is 15.9 Å². The molecule has 0 saturated heterocycles. The fourth-order valence-corrected chi connectivity index (χ4v) is 0.678. The number of hydrogen-bond donors (Lipinski definition) is 0. The van der Waals surface area contributed by atoms with E-state index in [1.165, 1.54) is 0 Å². The van der Waals surface area contributed by atoms with Crippen LogP contribution in [-0.2, 0) is 0 Å². The van der Waals surface area contributed by atoms with E-state index in [0.717, 1.165) is 6.54 Å². The first-order valence-electron chi connectivity index (χ1n) is 2.00. The molecule has 0 radical (unpaired) electrons. The highest BCUT2D eigenvalue weighted by atomic mass is 127. The fraction of sp³-hybridized carbons (Fsp3) is 0.250. The molecule has 38 valence electrons. The maximum Gasteiger partial charge on any atom is 0.0629 e. The number of rotatable bonds is 0. The molecular formula is C4H5IN2. The zero-order valence-electron chi connectivity index (χ0n) is 3.71. The lowest BCUT2D eigenvalue weighted by atomic mass is 10.6. The van der Waals surface area contributed by atoms with Gasteiger partial charge in [0.15, 0.2) is 0 Å². The number of nitrogens with zero attached hydrogens (tertiary/aromatic N) is 2. The smallest absolute Gasteiger partial charge is 0.0629 e. The van der Waals surface area contributed by atoms with Gasteiger partial charge in [0, 0.05) is 18.6 Å². The molecule has 0 amide bonds. The zero-order valence-corrected chi connectivity index (χ0v) is 5.87. The molecule has 0 aromatic carbocycles. The standard InChI is InChI=1S/C4H5IN2/c5-7-3-1-6-2-4-7/h1-3H,4H2. The average molecular weight is 208 g/mol. The van der Waals surface area contributed by atoms with Crippen molar-refractivity contribution in [2.45, 2.75) is 0 Å². The topological polar surface area (TPSA) is 15.6 Å². The second-order valence-corrected chi connectivity index (χ2v) is 2.45. The van der Waals surface area contributed by atoms with Gasteiger partial charge in [-0.25, -0.2) is 0 Å². The maximum absolute atomic E-state index is 3.88. The fourth-order valence-electron chi connectivity index (χ4n) is 0.358. The van der Waals surface area contributed by atoms with Crippen LogP contribution in [0.15, 0.2) is 17.4 Å². The molecule has 1 aliphatic heterocycles. The summed E-state index contributed by atoms with van der Waals surface area (Å²) in [5.74, 6) is 0. The zero-order chi connectivity index (χ0) is 5.11. The molecule has 3 heteroatoms. The van der Waals surface area contributed by atoms with Gasteiger partial charge in [-0.05, 0) is 0 Å². The van der Waals surface area contributed by atoms with Gasteiger partial charge in [0.1, 0.15) is 0 Å². The lowest BCUT2D eigenvalue weighted by molar-refractivity contribution is 0.769. The van der Waals surface area contributed by atoms with E-state index in [1.54, 1.807) is 6.20 Å². The van der Waals surface area contributed by atoms with Crippen molar-refractivity contribution in [1.82, 2.24) is 3.11 Å². The molecule has 0 aromatic heterocycles. The Labute approximate surface area is 56.4 Å². The lowest BCUT2D eigenvalue weighted by Gasteiger charge is -2.07. The third kappa shape index (κ3) is 1.46. The highest BCUT2D eigenvalue weighted by Crippen LogP contribution is 2.00. The molecule has 0 atom stereocenters. The van der Waals surface area contributed by atoms with Crippen molar-refractivity contribution >= 4 is 29.1 Å². The van der Waals surface area contributed by atoms with Crippen molar-refractivity contribution in [3.8, 4) is 0 Å². The normalized spacial score (nSPS) is 18.1. The first-order valence-corrected chi connectivity index (χ1v) is 2.97. The molecule has 2 nitrogen and oxygen atoms in total. The van der Waals surface area contributed by atoms with Crippen LogP contribution in [0.5, 0.6) is 0 Å². The van der Waals surface area contributed by atoms with Crippen LogP contribution in [0.4, 0.5) is 0 Å². The molecule has 0 aliphatic carbocycles. The van der Waals surface area contributed by atoms with Gasteiger partial charge >= 0.3 is 0 Å². The van der Waals surface area contributed by atoms with Crippen molar-refractivity contribution in [2.24, 2.45) is 4.99 Å². The number of hydrogen-bond acceptors (Lipinski definition) is 2.